The van der Waals surface area contributed by atoms with E-state index in [9.17, 15) is 17.6 Å². The molecule has 2 rings (SSSR count). The summed E-state index contributed by atoms with van der Waals surface area (Å²) in [5, 5.41) is 11.3. The van der Waals surface area contributed by atoms with Crippen LogP contribution in [0, 0.1) is 23.5 Å². The summed E-state index contributed by atoms with van der Waals surface area (Å²) in [5.74, 6) is -6.57. The maximum absolute atomic E-state index is 13.3. The molecule has 1 heterocycles. The number of aromatic hydroxyl groups is 1. The van der Waals surface area contributed by atoms with E-state index in [1.165, 1.54) is 24.3 Å². The van der Waals surface area contributed by atoms with Crippen molar-refractivity contribution in [3.8, 4) is 5.75 Å². The van der Waals surface area contributed by atoms with Crippen molar-refractivity contribution >= 4 is 5.69 Å². The first-order valence-corrected chi connectivity index (χ1v) is 5.21. The SMILES string of the molecule is Oc1ccc(CNc2c(F)c(F)nc(F)c2F)cc1. The number of phenols is 1. The molecule has 0 spiro atoms. The van der Waals surface area contributed by atoms with Gasteiger partial charge in [-0.15, -0.1) is 0 Å². The van der Waals surface area contributed by atoms with Crippen molar-refractivity contribution in [2.45, 2.75) is 6.54 Å². The maximum Gasteiger partial charge on any atom is 0.253 e. The number of nitrogens with zero attached hydrogens (tertiary/aromatic N) is 1. The van der Waals surface area contributed by atoms with Crippen LogP contribution in [-0.4, -0.2) is 10.1 Å². The minimum Gasteiger partial charge on any atom is -0.508 e. The molecule has 0 amide bonds. The zero-order chi connectivity index (χ0) is 14.0. The first-order chi connectivity index (χ1) is 8.99. The smallest absolute Gasteiger partial charge is 0.253 e. The molecule has 1 aromatic carbocycles. The van der Waals surface area contributed by atoms with Gasteiger partial charge in [0.15, 0.2) is 0 Å². The Bertz CT molecular complexity index is 575. The lowest BCUT2D eigenvalue weighted by Gasteiger charge is -2.09. The third-order valence-corrected chi connectivity index (χ3v) is 2.40. The summed E-state index contributed by atoms with van der Waals surface area (Å²) in [6.45, 7) is -0.0724. The van der Waals surface area contributed by atoms with Crippen LogP contribution in [0.2, 0.25) is 0 Å². The highest BCUT2D eigenvalue weighted by Crippen LogP contribution is 2.22. The highest BCUT2D eigenvalue weighted by atomic mass is 19.2. The number of benzene rings is 1. The topological polar surface area (TPSA) is 45.1 Å². The highest BCUT2D eigenvalue weighted by molar-refractivity contribution is 5.46. The summed E-state index contributed by atoms with van der Waals surface area (Å²) in [6.07, 6.45) is 0. The fraction of sp³-hybridized carbons (Fsp3) is 0.0833. The maximum atomic E-state index is 13.3. The van der Waals surface area contributed by atoms with Gasteiger partial charge in [-0.05, 0) is 17.7 Å². The molecule has 0 saturated carbocycles. The van der Waals surface area contributed by atoms with E-state index in [0.717, 1.165) is 0 Å². The molecule has 0 radical (unpaired) electrons. The van der Waals surface area contributed by atoms with Crippen LogP contribution < -0.4 is 5.32 Å². The van der Waals surface area contributed by atoms with Gasteiger partial charge in [0.05, 0.1) is 0 Å². The molecule has 19 heavy (non-hydrogen) atoms. The van der Waals surface area contributed by atoms with Crippen LogP contribution in [-0.2, 0) is 6.54 Å². The standard InChI is InChI=1S/C12H8F4N2O/c13-8-10(9(14)12(16)18-11(8)15)17-5-6-1-3-7(19)4-2-6/h1-4,19H,5H2,(H,17,18). The number of hydrogen-bond acceptors (Lipinski definition) is 3. The summed E-state index contributed by atoms with van der Waals surface area (Å²) >= 11 is 0. The van der Waals surface area contributed by atoms with E-state index in [4.69, 9.17) is 5.11 Å². The van der Waals surface area contributed by atoms with Gasteiger partial charge in [-0.3, -0.25) is 0 Å². The second-order valence-corrected chi connectivity index (χ2v) is 3.72. The van der Waals surface area contributed by atoms with Gasteiger partial charge in [-0.25, -0.2) is 0 Å². The first-order valence-electron chi connectivity index (χ1n) is 5.21. The Balaban J connectivity index is 2.22. The third-order valence-electron chi connectivity index (χ3n) is 2.40. The monoisotopic (exact) mass is 272 g/mol. The zero-order valence-electron chi connectivity index (χ0n) is 9.42. The van der Waals surface area contributed by atoms with Gasteiger partial charge >= 0.3 is 0 Å². The predicted molar refractivity (Wildman–Crippen MR) is 59.5 cm³/mol. The van der Waals surface area contributed by atoms with Gasteiger partial charge in [-0.1, -0.05) is 12.1 Å². The molecule has 0 saturated heterocycles. The van der Waals surface area contributed by atoms with Gasteiger partial charge in [0.2, 0.25) is 11.6 Å². The van der Waals surface area contributed by atoms with E-state index in [1.54, 1.807) is 0 Å². The Labute approximate surface area is 105 Å². The third kappa shape index (κ3) is 2.75. The van der Waals surface area contributed by atoms with Crippen LogP contribution >= 0.6 is 0 Å². The normalized spacial score (nSPS) is 10.5. The van der Waals surface area contributed by atoms with Crippen molar-refractivity contribution in [3.05, 3.63) is 53.4 Å². The molecule has 100 valence electrons. The second kappa shape index (κ2) is 5.13. The summed E-state index contributed by atoms with van der Waals surface area (Å²) in [7, 11) is 0. The number of nitrogens with one attached hydrogen (secondary N) is 1. The van der Waals surface area contributed by atoms with Crippen LogP contribution in [0.5, 0.6) is 5.75 Å². The lowest BCUT2D eigenvalue weighted by molar-refractivity contribution is 0.410. The molecule has 0 bridgehead atoms. The average Bonchev–Trinajstić information content (AvgIpc) is 2.38. The Kier molecular flexibility index (Phi) is 3.55. The number of rotatable bonds is 3. The first kappa shape index (κ1) is 13.1. The lowest BCUT2D eigenvalue weighted by atomic mass is 10.2. The minimum absolute atomic E-state index is 0.0297. The Morgan fingerprint density at radius 3 is 2.00 bits per heavy atom. The average molecular weight is 272 g/mol. The van der Waals surface area contributed by atoms with Crippen molar-refractivity contribution in [1.82, 2.24) is 4.98 Å². The molecule has 2 N–H and O–H groups in total. The molecule has 7 heteroatoms. The van der Waals surface area contributed by atoms with Crippen molar-refractivity contribution < 1.29 is 22.7 Å². The number of aromatic nitrogens is 1. The molecule has 2 aromatic rings. The van der Waals surface area contributed by atoms with Crippen molar-refractivity contribution in [1.29, 1.82) is 0 Å². The fourth-order valence-electron chi connectivity index (χ4n) is 1.45. The number of anilines is 1. The van der Waals surface area contributed by atoms with Gasteiger partial charge in [0.1, 0.15) is 11.4 Å². The molecule has 0 aliphatic carbocycles. The molecule has 0 fully saturated rings. The van der Waals surface area contributed by atoms with Crippen molar-refractivity contribution in [2.75, 3.05) is 5.32 Å². The number of pyridine rings is 1. The van der Waals surface area contributed by atoms with Crippen LogP contribution in [0.1, 0.15) is 5.56 Å². The molecule has 0 unspecified atom stereocenters. The van der Waals surface area contributed by atoms with Gasteiger partial charge in [0, 0.05) is 6.54 Å². The van der Waals surface area contributed by atoms with E-state index in [1.807, 2.05) is 0 Å². The van der Waals surface area contributed by atoms with Gasteiger partial charge in [0.25, 0.3) is 11.9 Å². The number of hydrogen-bond donors (Lipinski definition) is 2. The van der Waals surface area contributed by atoms with E-state index >= 15 is 0 Å². The summed E-state index contributed by atoms with van der Waals surface area (Å²) in [4.78, 5) is 2.44. The molecular weight excluding hydrogens is 264 g/mol. The quantitative estimate of drug-likeness (QED) is 0.667. The predicted octanol–water partition coefficient (Wildman–Crippen LogP) is 2.96. The Hall–Kier alpha value is -2.31. The van der Waals surface area contributed by atoms with Crippen LogP contribution in [0.15, 0.2) is 24.3 Å². The molecule has 0 aliphatic rings. The molecule has 1 aromatic heterocycles. The molecule has 0 aliphatic heterocycles. The Morgan fingerprint density at radius 1 is 0.947 bits per heavy atom. The van der Waals surface area contributed by atoms with Crippen molar-refractivity contribution in [2.24, 2.45) is 0 Å². The zero-order valence-corrected chi connectivity index (χ0v) is 9.42. The fourth-order valence-corrected chi connectivity index (χ4v) is 1.45. The highest BCUT2D eigenvalue weighted by Gasteiger charge is 2.20. The van der Waals surface area contributed by atoms with Crippen LogP contribution in [0.4, 0.5) is 23.2 Å². The van der Waals surface area contributed by atoms with Crippen molar-refractivity contribution in [3.63, 3.8) is 0 Å². The van der Waals surface area contributed by atoms with E-state index in [0.29, 0.717) is 5.56 Å². The number of phenolic OH excluding ortho intramolecular Hbond substituents is 1. The van der Waals surface area contributed by atoms with E-state index < -0.39 is 29.2 Å². The van der Waals surface area contributed by atoms with E-state index in [-0.39, 0.29) is 12.3 Å². The van der Waals surface area contributed by atoms with Gasteiger partial charge < -0.3 is 10.4 Å². The second-order valence-electron chi connectivity index (χ2n) is 3.72. The molecule has 0 atom stereocenters. The Morgan fingerprint density at radius 2 is 1.47 bits per heavy atom. The van der Waals surface area contributed by atoms with Crippen LogP contribution in [0.3, 0.4) is 0 Å². The minimum atomic E-state index is -1.72. The molecular formula is C12H8F4N2O. The summed E-state index contributed by atoms with van der Waals surface area (Å²) in [6, 6.07) is 5.73. The molecule has 3 nitrogen and oxygen atoms in total. The number of halogens is 4. The lowest BCUT2D eigenvalue weighted by Crippen LogP contribution is -2.09. The van der Waals surface area contributed by atoms with E-state index in [2.05, 4.69) is 10.3 Å². The van der Waals surface area contributed by atoms with Gasteiger partial charge in [-0.2, -0.15) is 22.5 Å². The summed E-state index contributed by atoms with van der Waals surface area (Å²) < 4.78 is 52.2. The van der Waals surface area contributed by atoms with Crippen LogP contribution in [0.25, 0.3) is 0 Å². The summed E-state index contributed by atoms with van der Waals surface area (Å²) in [5.41, 5.74) is -0.354. The largest absolute Gasteiger partial charge is 0.508 e.